The summed E-state index contributed by atoms with van der Waals surface area (Å²) in [6.07, 6.45) is 0. The first-order chi connectivity index (χ1) is 16.3. The van der Waals surface area contributed by atoms with E-state index in [-0.39, 0.29) is 10.8 Å². The fraction of sp³-hybridized carbons (Fsp3) is 0.304. The maximum Gasteiger partial charge on any atom is 0.327 e. The first-order valence-electron chi connectivity index (χ1n) is 10.8. The van der Waals surface area contributed by atoms with E-state index < -0.39 is 16.1 Å². The number of nitrogens with one attached hydrogen (secondary N) is 2. The van der Waals surface area contributed by atoms with E-state index in [0.29, 0.717) is 29.7 Å². The van der Waals surface area contributed by atoms with E-state index >= 15 is 0 Å². The fourth-order valence-electron chi connectivity index (χ4n) is 3.47. The predicted molar refractivity (Wildman–Crippen MR) is 134 cm³/mol. The number of ether oxygens (including phenoxy) is 1. The molecule has 9 nitrogen and oxygen atoms in total. The van der Waals surface area contributed by atoms with Crippen molar-refractivity contribution in [3.63, 3.8) is 0 Å². The molecule has 1 saturated heterocycles. The van der Waals surface area contributed by atoms with Gasteiger partial charge >= 0.3 is 6.03 Å². The number of carbonyl (C=O) groups is 1. The minimum atomic E-state index is -3.77. The molecule has 11 heteroatoms. The van der Waals surface area contributed by atoms with Gasteiger partial charge in [0.05, 0.1) is 18.9 Å². The summed E-state index contributed by atoms with van der Waals surface area (Å²) in [5.41, 5.74) is 2.90. The number of benzene rings is 2. The monoisotopic (exact) mass is 501 g/mol. The van der Waals surface area contributed by atoms with Crippen LogP contribution in [0.1, 0.15) is 11.3 Å². The number of hydrogen-bond donors (Lipinski definition) is 2. The molecule has 4 rings (SSSR count). The number of hydrogen-bond acceptors (Lipinski definition) is 7. The first-order valence-corrected chi connectivity index (χ1v) is 13.1. The van der Waals surface area contributed by atoms with Crippen molar-refractivity contribution in [2.45, 2.75) is 17.7 Å². The highest BCUT2D eigenvalue weighted by molar-refractivity contribution is 7.91. The molecule has 0 radical (unpaired) electrons. The molecule has 0 saturated carbocycles. The molecule has 0 spiro atoms. The van der Waals surface area contributed by atoms with Gasteiger partial charge in [0, 0.05) is 38.1 Å². The largest absolute Gasteiger partial charge is 0.378 e. The molecule has 2 amide bonds. The van der Waals surface area contributed by atoms with Gasteiger partial charge in [0.1, 0.15) is 0 Å². The van der Waals surface area contributed by atoms with Crippen LogP contribution in [-0.2, 0) is 21.3 Å². The third kappa shape index (κ3) is 5.73. The van der Waals surface area contributed by atoms with Crippen molar-refractivity contribution in [3.05, 3.63) is 65.9 Å². The van der Waals surface area contributed by atoms with Crippen LogP contribution in [0.25, 0.3) is 0 Å². The maximum absolute atomic E-state index is 12.8. The Bertz CT molecular complexity index is 1220. The average molecular weight is 502 g/mol. The Hall–Kier alpha value is -2.99. The number of carbonyl (C=O) groups excluding carboxylic acids is 1. The van der Waals surface area contributed by atoms with E-state index in [2.05, 4.69) is 19.9 Å². The lowest BCUT2D eigenvalue weighted by Crippen LogP contribution is -2.36. The molecule has 1 aromatic heterocycles. The van der Waals surface area contributed by atoms with Gasteiger partial charge in [-0.05, 0) is 36.8 Å². The summed E-state index contributed by atoms with van der Waals surface area (Å²) in [6, 6.07) is 16.5. The van der Waals surface area contributed by atoms with Gasteiger partial charge in [0.15, 0.2) is 9.34 Å². The zero-order valence-corrected chi connectivity index (χ0v) is 20.7. The molecule has 0 unspecified atom stereocenters. The van der Waals surface area contributed by atoms with Crippen LogP contribution < -0.4 is 19.8 Å². The van der Waals surface area contributed by atoms with Crippen molar-refractivity contribution in [1.29, 1.82) is 0 Å². The van der Waals surface area contributed by atoms with Gasteiger partial charge in [0.25, 0.3) is 10.0 Å². The summed E-state index contributed by atoms with van der Waals surface area (Å²) in [6.45, 7) is 4.87. The highest BCUT2D eigenvalue weighted by Crippen LogP contribution is 2.30. The first kappa shape index (κ1) is 24.1. The fourth-order valence-corrected chi connectivity index (χ4v) is 6.00. The molecule has 0 aliphatic carbocycles. The molecule has 0 atom stereocenters. The van der Waals surface area contributed by atoms with Crippen LogP contribution in [0, 0.1) is 6.92 Å². The lowest BCUT2D eigenvalue weighted by Gasteiger charge is -2.29. The van der Waals surface area contributed by atoms with Crippen molar-refractivity contribution in [2.75, 3.05) is 48.5 Å². The van der Waals surface area contributed by atoms with Crippen LogP contribution in [0.3, 0.4) is 0 Å². The van der Waals surface area contributed by atoms with E-state index in [1.54, 1.807) is 14.0 Å². The van der Waals surface area contributed by atoms with Gasteiger partial charge in [-0.15, -0.1) is 0 Å². The Morgan fingerprint density at radius 3 is 2.47 bits per heavy atom. The lowest BCUT2D eigenvalue weighted by molar-refractivity contribution is 0.122. The molecule has 1 aliphatic rings. The lowest BCUT2D eigenvalue weighted by atomic mass is 10.2. The number of rotatable bonds is 7. The number of nitrogens with zero attached hydrogens (tertiary/aromatic N) is 3. The van der Waals surface area contributed by atoms with Crippen LogP contribution in [0.2, 0.25) is 0 Å². The molecule has 34 heavy (non-hydrogen) atoms. The number of sulfonamides is 1. The van der Waals surface area contributed by atoms with Crippen LogP contribution in [-0.4, -0.2) is 52.8 Å². The topological polar surface area (TPSA) is 104 Å². The van der Waals surface area contributed by atoms with Crippen molar-refractivity contribution >= 4 is 43.9 Å². The van der Waals surface area contributed by atoms with Gasteiger partial charge < -0.3 is 15.0 Å². The van der Waals surface area contributed by atoms with Gasteiger partial charge in [-0.2, -0.15) is 0 Å². The Labute approximate surface area is 203 Å². The van der Waals surface area contributed by atoms with Crippen LogP contribution in [0.4, 0.5) is 21.3 Å². The van der Waals surface area contributed by atoms with E-state index in [1.165, 1.54) is 4.90 Å². The van der Waals surface area contributed by atoms with E-state index in [9.17, 15) is 13.2 Å². The zero-order chi connectivity index (χ0) is 24.1. The Balaban J connectivity index is 1.40. The van der Waals surface area contributed by atoms with Gasteiger partial charge in [0.2, 0.25) is 0 Å². The minimum absolute atomic E-state index is 0.0907. The van der Waals surface area contributed by atoms with Crippen molar-refractivity contribution in [3.8, 4) is 0 Å². The third-order valence-corrected chi connectivity index (χ3v) is 8.63. The van der Waals surface area contributed by atoms with Crippen molar-refractivity contribution < 1.29 is 17.9 Å². The number of thiazole rings is 1. The summed E-state index contributed by atoms with van der Waals surface area (Å²) >= 11 is 0.955. The number of urea groups is 1. The van der Waals surface area contributed by atoms with Crippen molar-refractivity contribution in [1.82, 2.24) is 9.71 Å². The normalized spacial score (nSPS) is 14.1. The van der Waals surface area contributed by atoms with Gasteiger partial charge in [-0.3, -0.25) is 4.90 Å². The van der Waals surface area contributed by atoms with Crippen LogP contribution >= 0.6 is 11.3 Å². The minimum Gasteiger partial charge on any atom is -0.378 e. The number of anilines is 3. The highest BCUT2D eigenvalue weighted by atomic mass is 32.2. The number of aromatic nitrogens is 1. The number of morpholine rings is 1. The summed E-state index contributed by atoms with van der Waals surface area (Å²) in [5.74, 6) is 0. The smallest absolute Gasteiger partial charge is 0.327 e. The van der Waals surface area contributed by atoms with Crippen LogP contribution in [0.5, 0.6) is 0 Å². The quantitative estimate of drug-likeness (QED) is 0.514. The Kier molecular flexibility index (Phi) is 7.47. The molecule has 3 aromatic rings. The molecule has 0 bridgehead atoms. The van der Waals surface area contributed by atoms with E-state index in [0.717, 1.165) is 35.7 Å². The van der Waals surface area contributed by atoms with E-state index in [1.807, 2.05) is 54.6 Å². The SMILES string of the molecule is Cc1nc(N(C)C(=O)Nc2ccc(N3CCOCC3)cc2)sc1S(=O)(=O)NCc1ccccc1. The molecule has 1 aliphatic heterocycles. The second kappa shape index (κ2) is 10.5. The summed E-state index contributed by atoms with van der Waals surface area (Å²) in [5, 5.41) is 3.12. The number of aryl methyl sites for hydroxylation is 1. The predicted octanol–water partition coefficient (Wildman–Crippen LogP) is 3.43. The molecular formula is C23H27N5O4S2. The maximum atomic E-state index is 12.8. The molecule has 2 aromatic carbocycles. The Morgan fingerprint density at radius 2 is 1.79 bits per heavy atom. The Morgan fingerprint density at radius 1 is 1.12 bits per heavy atom. The molecule has 1 fully saturated rings. The van der Waals surface area contributed by atoms with Gasteiger partial charge in [-0.25, -0.2) is 22.9 Å². The molecular weight excluding hydrogens is 474 g/mol. The average Bonchev–Trinajstić information content (AvgIpc) is 3.26. The van der Waals surface area contributed by atoms with E-state index in [4.69, 9.17) is 4.74 Å². The molecule has 2 heterocycles. The highest BCUT2D eigenvalue weighted by Gasteiger charge is 2.25. The number of amides is 2. The molecule has 180 valence electrons. The molecule has 2 N–H and O–H groups in total. The second-order valence-corrected chi connectivity index (χ2v) is 10.8. The second-order valence-electron chi connectivity index (χ2n) is 7.81. The summed E-state index contributed by atoms with van der Waals surface area (Å²) in [7, 11) is -2.21. The summed E-state index contributed by atoms with van der Waals surface area (Å²) in [4.78, 5) is 20.6. The standard InChI is InChI=1S/C23H27N5O4S2/c1-17-21(34(30,31)24-16-18-6-4-3-5-7-18)33-23(25-17)27(2)22(29)26-19-8-10-20(11-9-19)28-12-14-32-15-13-28/h3-11,24H,12-16H2,1-2H3,(H,26,29). The van der Waals surface area contributed by atoms with Crippen molar-refractivity contribution in [2.24, 2.45) is 0 Å². The summed E-state index contributed by atoms with van der Waals surface area (Å²) < 4.78 is 33.7. The third-order valence-electron chi connectivity index (χ3n) is 5.38. The van der Waals surface area contributed by atoms with Gasteiger partial charge in [-0.1, -0.05) is 41.7 Å². The van der Waals surface area contributed by atoms with Crippen LogP contribution in [0.15, 0.2) is 58.8 Å². The zero-order valence-electron chi connectivity index (χ0n) is 19.0.